The van der Waals surface area contributed by atoms with Crippen molar-refractivity contribution in [1.29, 1.82) is 0 Å². The Bertz CT molecular complexity index is 582. The second-order valence-corrected chi connectivity index (χ2v) is 7.41. The summed E-state index contributed by atoms with van der Waals surface area (Å²) in [6, 6.07) is 1.85. The summed E-state index contributed by atoms with van der Waals surface area (Å²) in [6.45, 7) is 7.74. The molecule has 0 radical (unpaired) electrons. The Morgan fingerprint density at radius 1 is 1.40 bits per heavy atom. The zero-order valence-corrected chi connectivity index (χ0v) is 16.1. The molecule has 1 aromatic rings. The fourth-order valence-corrected chi connectivity index (χ4v) is 2.89. The van der Waals surface area contributed by atoms with Gasteiger partial charge in [0.05, 0.1) is 0 Å². The molecule has 8 heteroatoms. The molecular formula is C17H30ClN5O2. The van der Waals surface area contributed by atoms with Crippen LogP contribution in [-0.4, -0.2) is 52.6 Å². The van der Waals surface area contributed by atoms with E-state index in [1.807, 2.05) is 11.0 Å². The van der Waals surface area contributed by atoms with E-state index >= 15 is 0 Å². The number of amides is 2. The second-order valence-electron chi connectivity index (χ2n) is 7.41. The van der Waals surface area contributed by atoms with E-state index in [0.29, 0.717) is 31.7 Å². The van der Waals surface area contributed by atoms with Gasteiger partial charge < -0.3 is 16.0 Å². The first kappa shape index (κ1) is 21.4. The van der Waals surface area contributed by atoms with Crippen molar-refractivity contribution in [2.24, 2.45) is 5.73 Å². The minimum absolute atomic E-state index is 0. The van der Waals surface area contributed by atoms with Gasteiger partial charge in [0.1, 0.15) is 5.69 Å². The molecule has 7 nitrogen and oxygen atoms in total. The standard InChI is InChI=1S/C17H29N5O2.ClH/c1-17(2,3)14-10-13(20-21-14)16(24)22-9-5-4-6-12(22)11-19-15(23)7-8-18;/h10,12H,4-9,11,18H2,1-3H3,(H,19,23)(H,20,21);1H. The minimum atomic E-state index is -0.0803. The highest BCUT2D eigenvalue weighted by Crippen LogP contribution is 2.23. The quantitative estimate of drug-likeness (QED) is 0.730. The van der Waals surface area contributed by atoms with Crippen LogP contribution < -0.4 is 11.1 Å². The number of hydrogen-bond donors (Lipinski definition) is 3. The molecule has 1 unspecified atom stereocenters. The smallest absolute Gasteiger partial charge is 0.274 e. The summed E-state index contributed by atoms with van der Waals surface area (Å²) >= 11 is 0. The number of carbonyl (C=O) groups excluding carboxylic acids is 2. The van der Waals surface area contributed by atoms with E-state index in [1.165, 1.54) is 0 Å². The van der Waals surface area contributed by atoms with Crippen LogP contribution >= 0.6 is 12.4 Å². The largest absolute Gasteiger partial charge is 0.354 e. The Hall–Kier alpha value is -1.60. The highest BCUT2D eigenvalue weighted by atomic mass is 35.5. The fraction of sp³-hybridized carbons (Fsp3) is 0.706. The fourth-order valence-electron chi connectivity index (χ4n) is 2.89. The number of piperidine rings is 1. The number of H-pyrrole nitrogens is 1. The molecule has 1 aliphatic heterocycles. The van der Waals surface area contributed by atoms with Gasteiger partial charge in [0.15, 0.2) is 0 Å². The van der Waals surface area contributed by atoms with E-state index in [9.17, 15) is 9.59 Å². The lowest BCUT2D eigenvalue weighted by Gasteiger charge is -2.35. The maximum atomic E-state index is 12.8. The monoisotopic (exact) mass is 371 g/mol. The first-order chi connectivity index (χ1) is 11.3. The Morgan fingerprint density at radius 2 is 2.12 bits per heavy atom. The van der Waals surface area contributed by atoms with Crippen molar-refractivity contribution in [3.63, 3.8) is 0 Å². The zero-order chi connectivity index (χ0) is 17.7. The van der Waals surface area contributed by atoms with Crippen LogP contribution in [0.1, 0.15) is 62.6 Å². The number of aromatic amines is 1. The molecule has 4 N–H and O–H groups in total. The number of rotatable bonds is 5. The number of halogens is 1. The van der Waals surface area contributed by atoms with Crippen LogP contribution in [0.4, 0.5) is 0 Å². The normalized spacial score (nSPS) is 17.8. The maximum absolute atomic E-state index is 12.8. The molecule has 142 valence electrons. The van der Waals surface area contributed by atoms with Gasteiger partial charge in [-0.05, 0) is 25.3 Å². The lowest BCUT2D eigenvalue weighted by Crippen LogP contribution is -2.49. The average Bonchev–Trinajstić information content (AvgIpc) is 3.03. The van der Waals surface area contributed by atoms with Crippen molar-refractivity contribution in [2.45, 2.75) is 57.9 Å². The molecule has 1 aromatic heterocycles. The number of likely N-dealkylation sites (tertiary alicyclic amines) is 1. The minimum Gasteiger partial charge on any atom is -0.354 e. The van der Waals surface area contributed by atoms with E-state index in [0.717, 1.165) is 25.0 Å². The number of hydrogen-bond acceptors (Lipinski definition) is 4. The summed E-state index contributed by atoms with van der Waals surface area (Å²) in [5.74, 6) is -0.134. The molecule has 0 aromatic carbocycles. The number of nitrogens with zero attached hydrogens (tertiary/aromatic N) is 2. The summed E-state index contributed by atoms with van der Waals surface area (Å²) in [7, 11) is 0. The van der Waals surface area contributed by atoms with Gasteiger partial charge in [0.25, 0.3) is 5.91 Å². The average molecular weight is 372 g/mol. The molecule has 2 amide bonds. The van der Waals surface area contributed by atoms with Crippen molar-refractivity contribution in [2.75, 3.05) is 19.6 Å². The zero-order valence-electron chi connectivity index (χ0n) is 15.3. The molecule has 1 atom stereocenters. The van der Waals surface area contributed by atoms with E-state index in [2.05, 4.69) is 36.3 Å². The van der Waals surface area contributed by atoms with Crippen LogP contribution in [-0.2, 0) is 10.2 Å². The Morgan fingerprint density at radius 3 is 2.72 bits per heavy atom. The maximum Gasteiger partial charge on any atom is 0.274 e. The van der Waals surface area contributed by atoms with Gasteiger partial charge in [-0.15, -0.1) is 12.4 Å². The predicted molar refractivity (Wildman–Crippen MR) is 99.9 cm³/mol. The summed E-state index contributed by atoms with van der Waals surface area (Å²) in [5.41, 5.74) is 6.69. The van der Waals surface area contributed by atoms with Crippen molar-refractivity contribution in [3.8, 4) is 0 Å². The third kappa shape index (κ3) is 5.71. The number of nitrogens with one attached hydrogen (secondary N) is 2. The van der Waals surface area contributed by atoms with Crippen molar-refractivity contribution >= 4 is 24.2 Å². The molecule has 0 saturated carbocycles. The molecule has 0 aliphatic carbocycles. The molecule has 2 heterocycles. The van der Waals surface area contributed by atoms with Crippen molar-refractivity contribution in [3.05, 3.63) is 17.5 Å². The van der Waals surface area contributed by atoms with Gasteiger partial charge in [0.2, 0.25) is 5.91 Å². The SMILES string of the molecule is CC(C)(C)c1cc(C(=O)N2CCCCC2CNC(=O)CCN)n[nH]1.Cl. The molecular weight excluding hydrogens is 342 g/mol. The second kappa shape index (κ2) is 9.20. The molecule has 1 saturated heterocycles. The topological polar surface area (TPSA) is 104 Å². The summed E-state index contributed by atoms with van der Waals surface area (Å²) in [6.07, 6.45) is 3.25. The molecule has 1 fully saturated rings. The lowest BCUT2D eigenvalue weighted by molar-refractivity contribution is -0.121. The van der Waals surface area contributed by atoms with Gasteiger partial charge in [0, 0.05) is 43.2 Å². The van der Waals surface area contributed by atoms with Gasteiger partial charge in [-0.25, -0.2) is 0 Å². The number of nitrogens with two attached hydrogens (primary N) is 1. The highest BCUT2D eigenvalue weighted by Gasteiger charge is 2.30. The van der Waals surface area contributed by atoms with Gasteiger partial charge >= 0.3 is 0 Å². The van der Waals surface area contributed by atoms with Crippen LogP contribution in [0.15, 0.2) is 6.07 Å². The lowest BCUT2D eigenvalue weighted by atomic mass is 9.92. The van der Waals surface area contributed by atoms with E-state index in [1.54, 1.807) is 0 Å². The van der Waals surface area contributed by atoms with Crippen molar-refractivity contribution < 1.29 is 9.59 Å². The first-order valence-corrected chi connectivity index (χ1v) is 8.66. The summed E-state index contributed by atoms with van der Waals surface area (Å²) < 4.78 is 0. The Labute approximate surface area is 155 Å². The third-order valence-corrected chi connectivity index (χ3v) is 4.40. The van der Waals surface area contributed by atoms with Gasteiger partial charge in [-0.2, -0.15) is 5.10 Å². The van der Waals surface area contributed by atoms with Crippen LogP contribution in [0.2, 0.25) is 0 Å². The highest BCUT2D eigenvalue weighted by molar-refractivity contribution is 5.92. The Balaban J connectivity index is 0.00000312. The van der Waals surface area contributed by atoms with Crippen LogP contribution in [0, 0.1) is 0 Å². The molecule has 25 heavy (non-hydrogen) atoms. The molecule has 0 spiro atoms. The first-order valence-electron chi connectivity index (χ1n) is 8.66. The van der Waals surface area contributed by atoms with Crippen LogP contribution in [0.5, 0.6) is 0 Å². The van der Waals surface area contributed by atoms with Gasteiger partial charge in [-0.3, -0.25) is 14.7 Å². The van der Waals surface area contributed by atoms with E-state index in [4.69, 9.17) is 5.73 Å². The van der Waals surface area contributed by atoms with Gasteiger partial charge in [-0.1, -0.05) is 20.8 Å². The third-order valence-electron chi connectivity index (χ3n) is 4.40. The van der Waals surface area contributed by atoms with Crippen LogP contribution in [0.3, 0.4) is 0 Å². The molecule has 0 bridgehead atoms. The Kier molecular flexibility index (Phi) is 7.89. The van der Waals surface area contributed by atoms with E-state index in [-0.39, 0.29) is 35.7 Å². The summed E-state index contributed by atoms with van der Waals surface area (Å²) in [5, 5.41) is 10.0. The van der Waals surface area contributed by atoms with Crippen molar-refractivity contribution in [1.82, 2.24) is 20.4 Å². The number of aromatic nitrogens is 2. The number of carbonyl (C=O) groups is 2. The predicted octanol–water partition coefficient (Wildman–Crippen LogP) is 1.59. The van der Waals surface area contributed by atoms with Crippen LogP contribution in [0.25, 0.3) is 0 Å². The molecule has 1 aliphatic rings. The molecule has 2 rings (SSSR count). The summed E-state index contributed by atoms with van der Waals surface area (Å²) in [4.78, 5) is 26.3. The van der Waals surface area contributed by atoms with E-state index < -0.39 is 0 Å².